The van der Waals surface area contributed by atoms with E-state index in [-0.39, 0.29) is 17.8 Å². The maximum absolute atomic E-state index is 13.0. The molecular formula is C23H20N4O6. The van der Waals surface area contributed by atoms with Gasteiger partial charge in [0.05, 0.1) is 29.1 Å². The minimum Gasteiger partial charge on any atom is -0.503 e. The molecule has 168 valence electrons. The van der Waals surface area contributed by atoms with Crippen molar-refractivity contribution in [3.63, 3.8) is 0 Å². The number of benzene rings is 1. The second-order valence-corrected chi connectivity index (χ2v) is 7.38. The van der Waals surface area contributed by atoms with Crippen molar-refractivity contribution >= 4 is 23.5 Å². The summed E-state index contributed by atoms with van der Waals surface area (Å²) < 4.78 is 7.04. The lowest BCUT2D eigenvalue weighted by atomic mass is 9.95. The van der Waals surface area contributed by atoms with Crippen molar-refractivity contribution in [2.45, 2.75) is 19.0 Å². The number of non-ortho nitro benzene ring substituents is 1. The van der Waals surface area contributed by atoms with Gasteiger partial charge in [-0.3, -0.25) is 19.7 Å². The Bertz CT molecular complexity index is 1210. The smallest absolute Gasteiger partial charge is 0.290 e. The Morgan fingerprint density at radius 3 is 2.67 bits per heavy atom. The van der Waals surface area contributed by atoms with Crippen LogP contribution in [0.5, 0.6) is 0 Å². The van der Waals surface area contributed by atoms with Gasteiger partial charge in [0.1, 0.15) is 5.76 Å². The number of aliphatic hydroxyl groups excluding tert-OH is 1. The molecule has 3 aromatic rings. The number of aliphatic hydroxyl groups is 1. The summed E-state index contributed by atoms with van der Waals surface area (Å²) in [5, 5.41) is 21.6. The van der Waals surface area contributed by atoms with E-state index in [1.165, 1.54) is 47.6 Å². The predicted molar refractivity (Wildman–Crippen MR) is 117 cm³/mol. The van der Waals surface area contributed by atoms with Crippen LogP contribution in [0.3, 0.4) is 0 Å². The molecule has 0 saturated carbocycles. The van der Waals surface area contributed by atoms with E-state index in [9.17, 15) is 24.8 Å². The molecule has 0 aliphatic carbocycles. The molecule has 10 heteroatoms. The fourth-order valence-electron chi connectivity index (χ4n) is 3.74. The first-order chi connectivity index (χ1) is 16.0. The second kappa shape index (κ2) is 9.35. The number of nitro benzene ring substituents is 1. The van der Waals surface area contributed by atoms with Gasteiger partial charge in [-0.2, -0.15) is 0 Å². The number of furan rings is 1. The Morgan fingerprint density at radius 1 is 1.24 bits per heavy atom. The molecule has 1 atom stereocenters. The van der Waals surface area contributed by atoms with E-state index in [2.05, 4.69) is 4.98 Å². The fourth-order valence-corrected chi connectivity index (χ4v) is 3.74. The molecule has 10 nitrogen and oxygen atoms in total. The molecule has 3 heterocycles. The van der Waals surface area contributed by atoms with Crippen molar-refractivity contribution in [1.29, 1.82) is 0 Å². The summed E-state index contributed by atoms with van der Waals surface area (Å²) in [6, 6.07) is 8.03. The zero-order chi connectivity index (χ0) is 23.4. The summed E-state index contributed by atoms with van der Waals surface area (Å²) in [6.45, 7) is 0.834. The molecular weight excluding hydrogens is 428 g/mol. The third-order valence-electron chi connectivity index (χ3n) is 5.31. The van der Waals surface area contributed by atoms with E-state index in [1.54, 1.807) is 30.9 Å². The number of nitrogens with zero attached hydrogens (tertiary/aromatic N) is 4. The quantitative estimate of drug-likeness (QED) is 0.301. The average Bonchev–Trinajstić information content (AvgIpc) is 3.56. The molecule has 1 amide bonds. The Balaban J connectivity index is 1.63. The Kier molecular flexibility index (Phi) is 6.16. The fraction of sp³-hybridized carbons (Fsp3) is 0.174. The van der Waals surface area contributed by atoms with Crippen molar-refractivity contribution in [3.05, 3.63) is 100 Å². The molecule has 0 fully saturated rings. The van der Waals surface area contributed by atoms with E-state index >= 15 is 0 Å². The number of carbonyl (C=O) groups excluding carboxylic acids is 2. The molecule has 1 aromatic carbocycles. The summed E-state index contributed by atoms with van der Waals surface area (Å²) in [5.41, 5.74) is 0.281. The second-order valence-electron chi connectivity index (χ2n) is 7.38. The highest BCUT2D eigenvalue weighted by molar-refractivity contribution is 6.14. The molecule has 0 saturated heterocycles. The number of aromatic nitrogens is 2. The number of amides is 1. The van der Waals surface area contributed by atoms with Gasteiger partial charge in [0.2, 0.25) is 0 Å². The van der Waals surface area contributed by atoms with E-state index in [4.69, 9.17) is 4.42 Å². The topological polar surface area (TPSA) is 132 Å². The molecule has 0 spiro atoms. The van der Waals surface area contributed by atoms with Crippen LogP contribution in [0.4, 0.5) is 5.69 Å². The first-order valence-corrected chi connectivity index (χ1v) is 10.2. The minimum absolute atomic E-state index is 0.0840. The lowest BCUT2D eigenvalue weighted by molar-refractivity contribution is -0.384. The number of carbonyl (C=O) groups is 2. The lowest BCUT2D eigenvalue weighted by Crippen LogP contribution is -2.32. The third-order valence-corrected chi connectivity index (χ3v) is 5.31. The van der Waals surface area contributed by atoms with Crippen molar-refractivity contribution in [2.75, 3.05) is 6.54 Å². The summed E-state index contributed by atoms with van der Waals surface area (Å²) in [6.07, 6.45) is 9.78. The van der Waals surface area contributed by atoms with Gasteiger partial charge >= 0.3 is 0 Å². The maximum Gasteiger partial charge on any atom is 0.290 e. The van der Waals surface area contributed by atoms with Crippen molar-refractivity contribution in [1.82, 2.24) is 14.5 Å². The maximum atomic E-state index is 13.0. The van der Waals surface area contributed by atoms with Crippen LogP contribution in [0, 0.1) is 10.1 Å². The van der Waals surface area contributed by atoms with Gasteiger partial charge in [-0.25, -0.2) is 4.98 Å². The molecule has 1 aliphatic heterocycles. The predicted octanol–water partition coefficient (Wildman–Crippen LogP) is 3.45. The van der Waals surface area contributed by atoms with Gasteiger partial charge in [-0.15, -0.1) is 0 Å². The number of aryl methyl sites for hydroxylation is 1. The van der Waals surface area contributed by atoms with Crippen molar-refractivity contribution in [2.24, 2.45) is 0 Å². The normalized spacial score (nSPS) is 16.2. The number of nitro groups is 1. The van der Waals surface area contributed by atoms with E-state index in [0.29, 0.717) is 24.3 Å². The third kappa shape index (κ3) is 4.59. The van der Waals surface area contributed by atoms with Gasteiger partial charge in [0.15, 0.2) is 11.5 Å². The van der Waals surface area contributed by atoms with Gasteiger partial charge in [-0.1, -0.05) is 0 Å². The highest BCUT2D eigenvalue weighted by atomic mass is 16.6. The van der Waals surface area contributed by atoms with E-state index in [1.807, 2.05) is 4.57 Å². The summed E-state index contributed by atoms with van der Waals surface area (Å²) in [7, 11) is 0. The van der Waals surface area contributed by atoms with Crippen LogP contribution in [0.15, 0.2) is 83.2 Å². The monoisotopic (exact) mass is 448 g/mol. The number of hydrogen-bond acceptors (Lipinski definition) is 7. The Hall–Kier alpha value is -4.47. The van der Waals surface area contributed by atoms with E-state index < -0.39 is 28.4 Å². The zero-order valence-corrected chi connectivity index (χ0v) is 17.4. The van der Waals surface area contributed by atoms with Crippen molar-refractivity contribution < 1.29 is 24.0 Å². The first kappa shape index (κ1) is 21.8. The molecule has 4 rings (SSSR count). The first-order valence-electron chi connectivity index (χ1n) is 10.2. The average molecular weight is 448 g/mol. The zero-order valence-electron chi connectivity index (χ0n) is 17.4. The largest absolute Gasteiger partial charge is 0.503 e. The highest BCUT2D eigenvalue weighted by Crippen LogP contribution is 2.38. The van der Waals surface area contributed by atoms with Crippen molar-refractivity contribution in [3.8, 4) is 0 Å². The molecule has 1 unspecified atom stereocenters. The molecule has 0 bridgehead atoms. The van der Waals surface area contributed by atoms with E-state index in [0.717, 1.165) is 0 Å². The minimum atomic E-state index is -0.880. The summed E-state index contributed by atoms with van der Waals surface area (Å²) in [5.74, 6) is -1.41. The summed E-state index contributed by atoms with van der Waals surface area (Å²) in [4.78, 5) is 41.8. The SMILES string of the molecule is O=C(/C=C/c1ccco1)C1=C(O)C(=O)N(CCCn2ccnc2)C1c1ccc([N+](=O)[O-])cc1. The number of allylic oxidation sites excluding steroid dienone is 1. The van der Waals surface area contributed by atoms with Crippen LogP contribution in [-0.4, -0.2) is 42.7 Å². The van der Waals surface area contributed by atoms with Crippen LogP contribution in [0.2, 0.25) is 0 Å². The van der Waals surface area contributed by atoms with Gasteiger partial charge in [0.25, 0.3) is 11.6 Å². The van der Waals surface area contributed by atoms with Gasteiger partial charge in [-0.05, 0) is 48.4 Å². The molecule has 33 heavy (non-hydrogen) atoms. The summed E-state index contributed by atoms with van der Waals surface area (Å²) >= 11 is 0. The van der Waals surface area contributed by atoms with Gasteiger partial charge in [0, 0.05) is 37.6 Å². The molecule has 0 radical (unpaired) electrons. The molecule has 1 aliphatic rings. The number of imidazole rings is 1. The van der Waals surface area contributed by atoms with Crippen LogP contribution >= 0.6 is 0 Å². The number of ketones is 1. The number of hydrogen-bond donors (Lipinski definition) is 1. The van der Waals surface area contributed by atoms with Crippen LogP contribution < -0.4 is 0 Å². The standard InChI is InChI=1S/C23H20N4O6/c28-19(9-8-18-3-1-14-33-18)20-21(16-4-6-17(7-5-16)27(31)32)26(23(30)22(20)29)12-2-11-25-13-10-24-15-25/h1,3-10,13-15,21,29H,2,11-12H2/b9-8+. The highest BCUT2D eigenvalue weighted by Gasteiger charge is 2.42. The van der Waals surface area contributed by atoms with Crippen LogP contribution in [-0.2, 0) is 16.1 Å². The van der Waals surface area contributed by atoms with Crippen LogP contribution in [0.25, 0.3) is 6.08 Å². The molecule has 2 aromatic heterocycles. The van der Waals surface area contributed by atoms with Gasteiger partial charge < -0.3 is 19.0 Å². The Labute approximate surface area is 188 Å². The Morgan fingerprint density at radius 2 is 2.03 bits per heavy atom. The van der Waals surface area contributed by atoms with Crippen LogP contribution in [0.1, 0.15) is 23.8 Å². The number of rotatable bonds is 9. The lowest BCUT2D eigenvalue weighted by Gasteiger charge is -2.26. The molecule has 1 N–H and O–H groups in total.